The summed E-state index contributed by atoms with van der Waals surface area (Å²) in [6.45, 7) is 2.54. The fraction of sp³-hybridized carbons (Fsp3) is 0.263. The van der Waals surface area contributed by atoms with Crippen LogP contribution in [-0.4, -0.2) is 37.0 Å². The van der Waals surface area contributed by atoms with Crippen molar-refractivity contribution < 1.29 is 14.3 Å². The molecule has 2 aromatic rings. The van der Waals surface area contributed by atoms with Gasteiger partial charge in [0.1, 0.15) is 5.75 Å². The van der Waals surface area contributed by atoms with Crippen molar-refractivity contribution in [1.82, 2.24) is 0 Å². The number of hydrogen-bond donors (Lipinski definition) is 1. The molecule has 25 heavy (non-hydrogen) atoms. The van der Waals surface area contributed by atoms with Crippen LogP contribution in [0, 0.1) is 0 Å². The van der Waals surface area contributed by atoms with E-state index in [1.165, 1.54) is 11.8 Å². The molecular weight excluding hydrogens is 336 g/mol. The van der Waals surface area contributed by atoms with Gasteiger partial charge in [0.2, 0.25) is 11.8 Å². The molecule has 2 rings (SSSR count). The molecule has 0 saturated carbocycles. The minimum absolute atomic E-state index is 0.00375. The Hall–Kier alpha value is -2.47. The molecule has 2 aromatic carbocycles. The fourth-order valence-corrected chi connectivity index (χ4v) is 2.98. The maximum Gasteiger partial charge on any atom is 0.236 e. The zero-order valence-corrected chi connectivity index (χ0v) is 15.2. The molecule has 0 bridgehead atoms. The van der Waals surface area contributed by atoms with Crippen molar-refractivity contribution >= 4 is 35.0 Å². The first-order valence-corrected chi connectivity index (χ1v) is 9.16. The zero-order chi connectivity index (χ0) is 18.1. The molecule has 0 aliphatic heterocycles. The number of ether oxygens (including phenoxy) is 1. The van der Waals surface area contributed by atoms with Gasteiger partial charge >= 0.3 is 0 Å². The number of rotatable bonds is 8. The standard InChI is InChI=1S/C19H22N2O3S/c1-3-21(16-7-5-4-6-8-16)19(23)14-25-13-18(22)20-15-9-11-17(24-2)12-10-15/h4-12H,3,13-14H2,1-2H3,(H,20,22). The van der Waals surface area contributed by atoms with Gasteiger partial charge in [0.25, 0.3) is 0 Å². The van der Waals surface area contributed by atoms with Crippen LogP contribution in [-0.2, 0) is 9.59 Å². The van der Waals surface area contributed by atoms with Crippen LogP contribution in [0.15, 0.2) is 54.6 Å². The highest BCUT2D eigenvalue weighted by Crippen LogP contribution is 2.17. The van der Waals surface area contributed by atoms with Crippen LogP contribution in [0.1, 0.15) is 6.92 Å². The van der Waals surface area contributed by atoms with Crippen LogP contribution in [0.25, 0.3) is 0 Å². The molecular formula is C19H22N2O3S. The number of thioether (sulfide) groups is 1. The van der Waals surface area contributed by atoms with Gasteiger partial charge in [0.05, 0.1) is 18.6 Å². The van der Waals surface area contributed by atoms with E-state index in [9.17, 15) is 9.59 Å². The van der Waals surface area contributed by atoms with E-state index < -0.39 is 0 Å². The minimum Gasteiger partial charge on any atom is -0.497 e. The average molecular weight is 358 g/mol. The van der Waals surface area contributed by atoms with Gasteiger partial charge in [-0.2, -0.15) is 0 Å². The van der Waals surface area contributed by atoms with Gasteiger partial charge in [-0.1, -0.05) is 18.2 Å². The number of carbonyl (C=O) groups is 2. The van der Waals surface area contributed by atoms with Gasteiger partial charge in [-0.05, 0) is 43.3 Å². The van der Waals surface area contributed by atoms with Crippen LogP contribution >= 0.6 is 11.8 Å². The third-order valence-corrected chi connectivity index (χ3v) is 4.44. The summed E-state index contributed by atoms with van der Waals surface area (Å²) in [5.41, 5.74) is 1.58. The lowest BCUT2D eigenvalue weighted by Gasteiger charge is -2.20. The normalized spacial score (nSPS) is 10.2. The van der Waals surface area contributed by atoms with Crippen molar-refractivity contribution in [2.45, 2.75) is 6.92 Å². The number of hydrogen-bond acceptors (Lipinski definition) is 4. The summed E-state index contributed by atoms with van der Waals surface area (Å²) in [4.78, 5) is 26.0. The van der Waals surface area contributed by atoms with E-state index in [1.54, 1.807) is 36.3 Å². The Labute approximate surface area is 152 Å². The third-order valence-electron chi connectivity index (χ3n) is 3.52. The average Bonchev–Trinajstić information content (AvgIpc) is 2.64. The van der Waals surface area contributed by atoms with Crippen molar-refractivity contribution in [3.63, 3.8) is 0 Å². The van der Waals surface area contributed by atoms with Crippen LogP contribution in [0.4, 0.5) is 11.4 Å². The molecule has 0 aliphatic rings. The monoisotopic (exact) mass is 358 g/mol. The summed E-state index contributed by atoms with van der Waals surface area (Å²) in [5.74, 6) is 1.09. The third kappa shape index (κ3) is 5.83. The molecule has 132 valence electrons. The lowest BCUT2D eigenvalue weighted by molar-refractivity contribution is -0.116. The molecule has 0 fully saturated rings. The van der Waals surface area contributed by atoms with Gasteiger partial charge in [0.15, 0.2) is 0 Å². The number of para-hydroxylation sites is 1. The SMILES string of the molecule is CCN(C(=O)CSCC(=O)Nc1ccc(OC)cc1)c1ccccc1. The first-order valence-electron chi connectivity index (χ1n) is 8.01. The Kier molecular flexibility index (Phi) is 7.35. The highest BCUT2D eigenvalue weighted by Gasteiger charge is 2.14. The van der Waals surface area contributed by atoms with E-state index in [-0.39, 0.29) is 23.3 Å². The molecule has 2 amide bonds. The first kappa shape index (κ1) is 18.9. The summed E-state index contributed by atoms with van der Waals surface area (Å²) in [5, 5.41) is 2.80. The molecule has 0 saturated heterocycles. The van der Waals surface area contributed by atoms with E-state index in [1.807, 2.05) is 37.3 Å². The summed E-state index contributed by atoms with van der Waals surface area (Å²) >= 11 is 1.31. The van der Waals surface area contributed by atoms with E-state index in [0.717, 1.165) is 11.4 Å². The van der Waals surface area contributed by atoms with Crippen LogP contribution in [0.3, 0.4) is 0 Å². The number of nitrogens with zero attached hydrogens (tertiary/aromatic N) is 1. The topological polar surface area (TPSA) is 58.6 Å². The van der Waals surface area contributed by atoms with Crippen LogP contribution < -0.4 is 15.0 Å². The lowest BCUT2D eigenvalue weighted by Crippen LogP contribution is -2.32. The van der Waals surface area contributed by atoms with Gasteiger partial charge in [-0.15, -0.1) is 11.8 Å². The number of anilines is 2. The molecule has 1 N–H and O–H groups in total. The van der Waals surface area contributed by atoms with Crippen molar-refractivity contribution in [2.75, 3.05) is 35.4 Å². The number of nitrogens with one attached hydrogen (secondary N) is 1. The van der Waals surface area contributed by atoms with Gasteiger partial charge in [-0.3, -0.25) is 9.59 Å². The Morgan fingerprint density at radius 1 is 1.04 bits per heavy atom. The highest BCUT2D eigenvalue weighted by atomic mass is 32.2. The number of amides is 2. The Balaban J connectivity index is 1.78. The first-order chi connectivity index (χ1) is 12.1. The summed E-state index contributed by atoms with van der Waals surface area (Å²) in [6.07, 6.45) is 0. The van der Waals surface area contributed by atoms with Crippen LogP contribution in [0.5, 0.6) is 5.75 Å². The van der Waals surface area contributed by atoms with Gasteiger partial charge in [-0.25, -0.2) is 0 Å². The Morgan fingerprint density at radius 2 is 1.72 bits per heavy atom. The molecule has 0 aromatic heterocycles. The van der Waals surface area contributed by atoms with E-state index >= 15 is 0 Å². The predicted molar refractivity (Wildman–Crippen MR) is 103 cm³/mol. The summed E-state index contributed by atoms with van der Waals surface area (Å²) in [6, 6.07) is 16.7. The zero-order valence-electron chi connectivity index (χ0n) is 14.4. The minimum atomic E-state index is -0.134. The fourth-order valence-electron chi connectivity index (χ4n) is 2.29. The van der Waals surface area contributed by atoms with Crippen LogP contribution in [0.2, 0.25) is 0 Å². The maximum absolute atomic E-state index is 12.3. The summed E-state index contributed by atoms with van der Waals surface area (Å²) in [7, 11) is 1.59. The smallest absolute Gasteiger partial charge is 0.236 e. The number of methoxy groups -OCH3 is 1. The second-order valence-corrected chi connectivity index (χ2v) is 6.23. The molecule has 0 radical (unpaired) electrons. The van der Waals surface area contributed by atoms with Crippen molar-refractivity contribution in [2.24, 2.45) is 0 Å². The van der Waals surface area contributed by atoms with E-state index in [4.69, 9.17) is 4.74 Å². The molecule has 0 atom stereocenters. The summed E-state index contributed by atoms with van der Waals surface area (Å²) < 4.78 is 5.08. The molecule has 5 nitrogen and oxygen atoms in total. The molecule has 0 unspecified atom stereocenters. The van der Waals surface area contributed by atoms with Gasteiger partial charge < -0.3 is 15.0 Å². The molecule has 0 aliphatic carbocycles. The van der Waals surface area contributed by atoms with E-state index in [2.05, 4.69) is 5.32 Å². The van der Waals surface area contributed by atoms with Crippen molar-refractivity contribution in [3.05, 3.63) is 54.6 Å². The van der Waals surface area contributed by atoms with Gasteiger partial charge in [0, 0.05) is 17.9 Å². The Morgan fingerprint density at radius 3 is 2.32 bits per heavy atom. The van der Waals surface area contributed by atoms with Crippen molar-refractivity contribution in [3.8, 4) is 5.75 Å². The molecule has 6 heteroatoms. The number of benzene rings is 2. The van der Waals surface area contributed by atoms with Crippen molar-refractivity contribution in [1.29, 1.82) is 0 Å². The highest BCUT2D eigenvalue weighted by molar-refractivity contribution is 8.00. The predicted octanol–water partition coefficient (Wildman–Crippen LogP) is 3.42. The lowest BCUT2D eigenvalue weighted by atomic mass is 10.3. The number of carbonyl (C=O) groups excluding carboxylic acids is 2. The quantitative estimate of drug-likeness (QED) is 0.785. The van der Waals surface area contributed by atoms with E-state index in [0.29, 0.717) is 12.2 Å². The Bertz CT molecular complexity index is 690. The second kappa shape index (κ2) is 9.74. The largest absolute Gasteiger partial charge is 0.497 e. The molecule has 0 heterocycles. The maximum atomic E-state index is 12.3. The second-order valence-electron chi connectivity index (χ2n) is 5.24. The molecule has 0 spiro atoms.